The third kappa shape index (κ3) is 6.71. The summed E-state index contributed by atoms with van der Waals surface area (Å²) in [7, 11) is 1.60. The van der Waals surface area contributed by atoms with Crippen LogP contribution in [0.15, 0.2) is 80.8 Å². The Morgan fingerprint density at radius 2 is 1.83 bits per heavy atom. The van der Waals surface area contributed by atoms with Gasteiger partial charge in [0.25, 0.3) is 0 Å². The lowest BCUT2D eigenvalue weighted by molar-refractivity contribution is -0.120. The number of benzene rings is 3. The van der Waals surface area contributed by atoms with Gasteiger partial charge in [-0.3, -0.25) is 4.79 Å². The van der Waals surface area contributed by atoms with Crippen LogP contribution in [0.4, 0.5) is 0 Å². The van der Waals surface area contributed by atoms with Crippen molar-refractivity contribution in [3.05, 3.63) is 92.4 Å². The van der Waals surface area contributed by atoms with Gasteiger partial charge in [0.1, 0.15) is 18.1 Å². The molecule has 0 unspecified atom stereocenters. The third-order valence-electron chi connectivity index (χ3n) is 4.19. The first-order valence-corrected chi connectivity index (χ1v) is 10.7. The van der Waals surface area contributed by atoms with E-state index in [1.165, 1.54) is 0 Å². The Bertz CT molecular complexity index is 1040. The average molecular weight is 532 g/mol. The van der Waals surface area contributed by atoms with Crippen LogP contribution in [0.2, 0.25) is 0 Å². The number of hydrogen-bond acceptors (Lipinski definition) is 4. The highest BCUT2D eigenvalue weighted by Gasteiger charge is 2.04. The van der Waals surface area contributed by atoms with E-state index in [0.717, 1.165) is 37.1 Å². The number of hydrazone groups is 1. The molecule has 3 aromatic carbocycles. The first-order valence-electron chi connectivity index (χ1n) is 9.15. The number of ether oxygens (including phenoxy) is 2. The maximum Gasteiger partial charge on any atom is 0.244 e. The van der Waals surface area contributed by atoms with Crippen LogP contribution >= 0.6 is 31.9 Å². The number of methoxy groups -OCH3 is 1. The predicted molar refractivity (Wildman–Crippen MR) is 125 cm³/mol. The molecule has 0 aromatic heterocycles. The molecule has 3 aromatic rings. The van der Waals surface area contributed by atoms with Gasteiger partial charge < -0.3 is 9.47 Å². The van der Waals surface area contributed by atoms with Crippen molar-refractivity contribution in [2.75, 3.05) is 7.11 Å². The van der Waals surface area contributed by atoms with E-state index in [2.05, 4.69) is 42.4 Å². The topological polar surface area (TPSA) is 59.9 Å². The van der Waals surface area contributed by atoms with Crippen LogP contribution in [0.1, 0.15) is 16.7 Å². The second-order valence-electron chi connectivity index (χ2n) is 6.41. The minimum absolute atomic E-state index is 0.195. The summed E-state index contributed by atoms with van der Waals surface area (Å²) in [5.41, 5.74) is 5.31. The van der Waals surface area contributed by atoms with Crippen molar-refractivity contribution in [2.24, 2.45) is 5.10 Å². The number of nitrogens with zero attached hydrogens (tertiary/aromatic N) is 1. The summed E-state index contributed by atoms with van der Waals surface area (Å²) in [6.45, 7) is 0.460. The zero-order chi connectivity index (χ0) is 21.3. The van der Waals surface area contributed by atoms with E-state index in [9.17, 15) is 4.79 Å². The summed E-state index contributed by atoms with van der Waals surface area (Å²) in [5.74, 6) is 1.28. The molecule has 0 aliphatic rings. The van der Waals surface area contributed by atoms with Gasteiger partial charge in [-0.15, -0.1) is 0 Å². The number of halogens is 2. The molecule has 0 fully saturated rings. The largest absolute Gasteiger partial charge is 0.497 e. The van der Waals surface area contributed by atoms with Crippen LogP contribution in [0.25, 0.3) is 0 Å². The molecule has 0 spiro atoms. The number of nitrogens with one attached hydrogen (secondary N) is 1. The molecule has 0 atom stereocenters. The summed E-state index contributed by atoms with van der Waals surface area (Å²) in [4.78, 5) is 12.0. The number of hydrogen-bond donors (Lipinski definition) is 1. The number of amides is 1. The molecular weight excluding hydrogens is 512 g/mol. The molecule has 0 radical (unpaired) electrons. The maximum absolute atomic E-state index is 12.0. The standard InChI is InChI=1S/C23H20Br2N2O3/c1-29-21-4-2-3-17(11-21)12-23(28)27-26-14-16-5-9-20(10-6-16)30-15-18-7-8-19(24)13-22(18)25/h2-11,13-14H,12,15H2,1H3,(H,27,28)/b26-14+. The summed E-state index contributed by atoms with van der Waals surface area (Å²) < 4.78 is 13.0. The van der Waals surface area contributed by atoms with Gasteiger partial charge in [-0.1, -0.05) is 50.1 Å². The van der Waals surface area contributed by atoms with Crippen molar-refractivity contribution in [3.63, 3.8) is 0 Å². The fourth-order valence-electron chi connectivity index (χ4n) is 2.64. The first-order chi connectivity index (χ1) is 14.5. The van der Waals surface area contributed by atoms with Gasteiger partial charge in [0.15, 0.2) is 0 Å². The summed E-state index contributed by atoms with van der Waals surface area (Å²) in [6.07, 6.45) is 1.82. The van der Waals surface area contributed by atoms with Crippen molar-refractivity contribution in [1.82, 2.24) is 5.43 Å². The van der Waals surface area contributed by atoms with Gasteiger partial charge in [0.05, 0.1) is 19.7 Å². The van der Waals surface area contributed by atoms with Crippen LogP contribution in [0.3, 0.4) is 0 Å². The Morgan fingerprint density at radius 3 is 2.57 bits per heavy atom. The van der Waals surface area contributed by atoms with Gasteiger partial charge in [-0.2, -0.15) is 5.10 Å². The van der Waals surface area contributed by atoms with Gasteiger partial charge in [0, 0.05) is 14.5 Å². The van der Waals surface area contributed by atoms with Gasteiger partial charge >= 0.3 is 0 Å². The second-order valence-corrected chi connectivity index (χ2v) is 8.18. The number of rotatable bonds is 8. The first kappa shape index (κ1) is 22.1. The minimum atomic E-state index is -0.195. The molecule has 154 valence electrons. The molecule has 0 aliphatic carbocycles. The molecule has 0 heterocycles. The molecule has 30 heavy (non-hydrogen) atoms. The molecule has 1 N–H and O–H groups in total. The molecular formula is C23H20Br2N2O3. The molecule has 0 aliphatic heterocycles. The maximum atomic E-state index is 12.0. The van der Waals surface area contributed by atoms with E-state index < -0.39 is 0 Å². The molecule has 0 bridgehead atoms. The Morgan fingerprint density at radius 1 is 1.03 bits per heavy atom. The molecule has 3 rings (SSSR count). The zero-order valence-electron chi connectivity index (χ0n) is 16.3. The monoisotopic (exact) mass is 530 g/mol. The van der Waals surface area contributed by atoms with Crippen LogP contribution in [-0.2, 0) is 17.8 Å². The average Bonchev–Trinajstić information content (AvgIpc) is 2.74. The Kier molecular flexibility index (Phi) is 8.04. The molecule has 0 saturated heterocycles. The van der Waals surface area contributed by atoms with Gasteiger partial charge in [-0.05, 0) is 59.7 Å². The highest BCUT2D eigenvalue weighted by Crippen LogP contribution is 2.23. The van der Waals surface area contributed by atoms with Crippen LogP contribution in [0.5, 0.6) is 11.5 Å². The van der Waals surface area contributed by atoms with E-state index >= 15 is 0 Å². The van der Waals surface area contributed by atoms with E-state index in [-0.39, 0.29) is 12.3 Å². The summed E-state index contributed by atoms with van der Waals surface area (Å²) >= 11 is 6.97. The second kappa shape index (κ2) is 10.9. The molecule has 7 heteroatoms. The Hall–Kier alpha value is -2.64. The van der Waals surface area contributed by atoms with Gasteiger partial charge in [-0.25, -0.2) is 5.43 Å². The Labute approximate surface area is 192 Å². The molecule has 0 saturated carbocycles. The van der Waals surface area contributed by atoms with Crippen LogP contribution in [-0.4, -0.2) is 19.2 Å². The van der Waals surface area contributed by atoms with Crippen molar-refractivity contribution >= 4 is 44.0 Å². The highest BCUT2D eigenvalue weighted by molar-refractivity contribution is 9.11. The smallest absolute Gasteiger partial charge is 0.244 e. The third-order valence-corrected chi connectivity index (χ3v) is 5.42. The zero-order valence-corrected chi connectivity index (χ0v) is 19.4. The highest BCUT2D eigenvalue weighted by atomic mass is 79.9. The molecule has 5 nitrogen and oxygen atoms in total. The Balaban J connectivity index is 1.48. The quantitative estimate of drug-likeness (QED) is 0.309. The minimum Gasteiger partial charge on any atom is -0.497 e. The van der Waals surface area contributed by atoms with Crippen molar-refractivity contribution < 1.29 is 14.3 Å². The summed E-state index contributed by atoms with van der Waals surface area (Å²) in [6, 6.07) is 20.8. The predicted octanol–water partition coefficient (Wildman–Crippen LogP) is 5.49. The van der Waals surface area contributed by atoms with Crippen LogP contribution < -0.4 is 14.9 Å². The van der Waals surface area contributed by atoms with E-state index in [0.29, 0.717) is 6.61 Å². The fraction of sp³-hybridized carbons (Fsp3) is 0.130. The number of carbonyl (C=O) groups excluding carboxylic acids is 1. The SMILES string of the molecule is COc1cccc(CC(=O)N/N=C/c2ccc(OCc3ccc(Br)cc3Br)cc2)c1. The lowest BCUT2D eigenvalue weighted by atomic mass is 10.1. The van der Waals surface area contributed by atoms with Gasteiger partial charge in [0.2, 0.25) is 5.91 Å². The van der Waals surface area contributed by atoms with Crippen molar-refractivity contribution in [1.29, 1.82) is 0 Å². The van der Waals surface area contributed by atoms with E-state index in [4.69, 9.17) is 9.47 Å². The lowest BCUT2D eigenvalue weighted by Gasteiger charge is -2.08. The fourth-order valence-corrected chi connectivity index (χ4v) is 3.80. The van der Waals surface area contributed by atoms with E-state index in [1.54, 1.807) is 13.3 Å². The lowest BCUT2D eigenvalue weighted by Crippen LogP contribution is -2.19. The normalized spacial score (nSPS) is 10.8. The summed E-state index contributed by atoms with van der Waals surface area (Å²) in [5, 5.41) is 4.02. The van der Waals surface area contributed by atoms with Crippen molar-refractivity contribution in [3.8, 4) is 11.5 Å². The molecule has 1 amide bonds. The van der Waals surface area contributed by atoms with Crippen LogP contribution in [0, 0.1) is 0 Å². The van der Waals surface area contributed by atoms with Crippen molar-refractivity contribution in [2.45, 2.75) is 13.0 Å². The number of carbonyl (C=O) groups is 1. The van der Waals surface area contributed by atoms with E-state index in [1.807, 2.05) is 66.7 Å².